The predicted octanol–water partition coefficient (Wildman–Crippen LogP) is 3.63. The number of amides is 1. The SMILES string of the molecule is COC(=O)Nc1ccc(Nc2cc(OC)ccc2OC)cc1. The van der Waals surface area contributed by atoms with Gasteiger partial charge in [-0.25, -0.2) is 4.79 Å². The third kappa shape index (κ3) is 3.82. The first-order valence-corrected chi connectivity index (χ1v) is 6.60. The smallest absolute Gasteiger partial charge is 0.411 e. The van der Waals surface area contributed by atoms with Crippen LogP contribution in [0.5, 0.6) is 11.5 Å². The molecule has 0 saturated carbocycles. The Labute approximate surface area is 129 Å². The normalized spacial score (nSPS) is 9.77. The van der Waals surface area contributed by atoms with E-state index >= 15 is 0 Å². The highest BCUT2D eigenvalue weighted by Gasteiger charge is 2.06. The van der Waals surface area contributed by atoms with Crippen LogP contribution < -0.4 is 20.1 Å². The second-order valence-electron chi connectivity index (χ2n) is 4.39. The molecule has 2 aromatic rings. The van der Waals surface area contributed by atoms with Crippen molar-refractivity contribution in [2.75, 3.05) is 32.0 Å². The first kappa shape index (κ1) is 15.5. The molecule has 0 spiro atoms. The summed E-state index contributed by atoms with van der Waals surface area (Å²) in [7, 11) is 4.54. The van der Waals surface area contributed by atoms with Crippen LogP contribution in [0.3, 0.4) is 0 Å². The lowest BCUT2D eigenvalue weighted by atomic mass is 10.2. The summed E-state index contributed by atoms with van der Waals surface area (Å²) in [6.07, 6.45) is -0.504. The molecule has 0 fully saturated rings. The summed E-state index contributed by atoms with van der Waals surface area (Å²) in [6.45, 7) is 0. The second-order valence-corrected chi connectivity index (χ2v) is 4.39. The summed E-state index contributed by atoms with van der Waals surface area (Å²) in [5, 5.41) is 5.83. The van der Waals surface area contributed by atoms with E-state index in [1.54, 1.807) is 26.4 Å². The third-order valence-corrected chi connectivity index (χ3v) is 3.00. The number of hydrogen-bond acceptors (Lipinski definition) is 5. The van der Waals surface area contributed by atoms with Crippen LogP contribution in [0.1, 0.15) is 0 Å². The zero-order valence-electron chi connectivity index (χ0n) is 12.7. The fraction of sp³-hybridized carbons (Fsp3) is 0.188. The largest absolute Gasteiger partial charge is 0.497 e. The van der Waals surface area contributed by atoms with Gasteiger partial charge in [-0.2, -0.15) is 0 Å². The number of rotatable bonds is 5. The molecule has 0 saturated heterocycles. The molecule has 0 atom stereocenters. The first-order valence-electron chi connectivity index (χ1n) is 6.60. The van der Waals surface area contributed by atoms with Crippen LogP contribution in [0.25, 0.3) is 0 Å². The summed E-state index contributed by atoms with van der Waals surface area (Å²) >= 11 is 0. The quantitative estimate of drug-likeness (QED) is 0.882. The minimum atomic E-state index is -0.504. The number of carbonyl (C=O) groups is 1. The van der Waals surface area contributed by atoms with Gasteiger partial charge >= 0.3 is 6.09 Å². The van der Waals surface area contributed by atoms with Gasteiger partial charge in [0.15, 0.2) is 0 Å². The Bertz CT molecular complexity index is 641. The molecular weight excluding hydrogens is 284 g/mol. The molecule has 0 aliphatic rings. The number of benzene rings is 2. The fourth-order valence-electron chi connectivity index (χ4n) is 1.87. The van der Waals surface area contributed by atoms with Crippen molar-refractivity contribution in [2.45, 2.75) is 0 Å². The van der Waals surface area contributed by atoms with Crippen LogP contribution in [0, 0.1) is 0 Å². The topological polar surface area (TPSA) is 68.8 Å². The number of carbonyl (C=O) groups excluding carboxylic acids is 1. The predicted molar refractivity (Wildman–Crippen MR) is 85.3 cm³/mol. The van der Waals surface area contributed by atoms with Crippen LogP contribution in [-0.4, -0.2) is 27.4 Å². The molecule has 0 aromatic heterocycles. The van der Waals surface area contributed by atoms with Gasteiger partial charge in [0.1, 0.15) is 11.5 Å². The number of anilines is 3. The third-order valence-electron chi connectivity index (χ3n) is 3.00. The summed E-state index contributed by atoms with van der Waals surface area (Å²) < 4.78 is 15.1. The molecule has 6 nitrogen and oxygen atoms in total. The highest BCUT2D eigenvalue weighted by atomic mass is 16.5. The monoisotopic (exact) mass is 302 g/mol. The molecule has 2 N–H and O–H groups in total. The van der Waals surface area contributed by atoms with Crippen molar-refractivity contribution in [3.8, 4) is 11.5 Å². The van der Waals surface area contributed by atoms with Gasteiger partial charge < -0.3 is 19.5 Å². The molecule has 22 heavy (non-hydrogen) atoms. The van der Waals surface area contributed by atoms with E-state index in [4.69, 9.17) is 9.47 Å². The maximum Gasteiger partial charge on any atom is 0.411 e. The van der Waals surface area contributed by atoms with Crippen molar-refractivity contribution in [3.05, 3.63) is 42.5 Å². The number of ether oxygens (including phenoxy) is 3. The van der Waals surface area contributed by atoms with Crippen LogP contribution in [0.4, 0.5) is 21.9 Å². The van der Waals surface area contributed by atoms with E-state index in [2.05, 4.69) is 15.4 Å². The van der Waals surface area contributed by atoms with Crippen molar-refractivity contribution in [1.82, 2.24) is 0 Å². The number of hydrogen-bond donors (Lipinski definition) is 2. The van der Waals surface area contributed by atoms with Gasteiger partial charge in [0.25, 0.3) is 0 Å². The van der Waals surface area contributed by atoms with Crippen molar-refractivity contribution in [1.29, 1.82) is 0 Å². The maximum atomic E-state index is 11.1. The second kappa shape index (κ2) is 7.21. The molecule has 116 valence electrons. The van der Waals surface area contributed by atoms with Crippen molar-refractivity contribution in [3.63, 3.8) is 0 Å². The minimum absolute atomic E-state index is 0.504. The summed E-state index contributed by atoms with van der Waals surface area (Å²) in [4.78, 5) is 11.1. The van der Waals surface area contributed by atoms with E-state index in [1.807, 2.05) is 30.3 Å². The van der Waals surface area contributed by atoms with Gasteiger partial charge in [0, 0.05) is 17.4 Å². The molecule has 0 aliphatic heterocycles. The molecule has 0 unspecified atom stereocenters. The zero-order valence-corrected chi connectivity index (χ0v) is 12.7. The van der Waals surface area contributed by atoms with Gasteiger partial charge in [-0.1, -0.05) is 0 Å². The van der Waals surface area contributed by atoms with E-state index in [-0.39, 0.29) is 0 Å². The number of methoxy groups -OCH3 is 3. The summed E-state index contributed by atoms with van der Waals surface area (Å²) in [5.74, 6) is 1.44. The molecule has 0 heterocycles. The lowest BCUT2D eigenvalue weighted by Crippen LogP contribution is -2.10. The Kier molecular flexibility index (Phi) is 5.08. The standard InChI is InChI=1S/C16H18N2O4/c1-20-13-8-9-15(21-2)14(10-13)17-11-4-6-12(7-5-11)18-16(19)22-3/h4-10,17H,1-3H3,(H,18,19). The highest BCUT2D eigenvalue weighted by Crippen LogP contribution is 2.31. The van der Waals surface area contributed by atoms with Gasteiger partial charge in [-0.3, -0.25) is 5.32 Å². The molecular formula is C16H18N2O4. The van der Waals surface area contributed by atoms with Crippen LogP contribution in [0.2, 0.25) is 0 Å². The first-order chi connectivity index (χ1) is 10.7. The zero-order chi connectivity index (χ0) is 15.9. The van der Waals surface area contributed by atoms with Crippen LogP contribution >= 0.6 is 0 Å². The molecule has 0 aliphatic carbocycles. The fourth-order valence-corrected chi connectivity index (χ4v) is 1.87. The maximum absolute atomic E-state index is 11.1. The molecule has 2 aromatic carbocycles. The van der Waals surface area contributed by atoms with Gasteiger partial charge in [0.05, 0.1) is 27.0 Å². The van der Waals surface area contributed by atoms with Crippen LogP contribution in [-0.2, 0) is 4.74 Å². The highest BCUT2D eigenvalue weighted by molar-refractivity contribution is 5.84. The Morgan fingerprint density at radius 3 is 2.18 bits per heavy atom. The van der Waals surface area contributed by atoms with E-state index in [1.165, 1.54) is 7.11 Å². The summed E-state index contributed by atoms with van der Waals surface area (Å²) in [5.41, 5.74) is 2.28. The van der Waals surface area contributed by atoms with Crippen molar-refractivity contribution >= 4 is 23.2 Å². The molecule has 0 bridgehead atoms. The average Bonchev–Trinajstić information content (AvgIpc) is 2.56. The van der Waals surface area contributed by atoms with E-state index in [0.717, 1.165) is 17.1 Å². The Morgan fingerprint density at radius 2 is 1.59 bits per heavy atom. The van der Waals surface area contributed by atoms with Crippen LogP contribution in [0.15, 0.2) is 42.5 Å². The number of nitrogens with one attached hydrogen (secondary N) is 2. The Morgan fingerprint density at radius 1 is 0.909 bits per heavy atom. The minimum Gasteiger partial charge on any atom is -0.497 e. The van der Waals surface area contributed by atoms with Crippen molar-refractivity contribution in [2.24, 2.45) is 0 Å². The molecule has 6 heteroatoms. The van der Waals surface area contributed by atoms with Crippen molar-refractivity contribution < 1.29 is 19.0 Å². The molecule has 0 radical (unpaired) electrons. The molecule has 2 rings (SSSR count). The van der Waals surface area contributed by atoms with E-state index < -0.39 is 6.09 Å². The van der Waals surface area contributed by atoms with E-state index in [0.29, 0.717) is 11.4 Å². The Balaban J connectivity index is 2.15. The van der Waals surface area contributed by atoms with Gasteiger partial charge in [-0.15, -0.1) is 0 Å². The summed E-state index contributed by atoms with van der Waals surface area (Å²) in [6, 6.07) is 12.7. The molecule has 1 amide bonds. The lowest BCUT2D eigenvalue weighted by Gasteiger charge is -2.13. The Hall–Kier alpha value is -2.89. The average molecular weight is 302 g/mol. The van der Waals surface area contributed by atoms with Gasteiger partial charge in [0.2, 0.25) is 0 Å². The van der Waals surface area contributed by atoms with E-state index in [9.17, 15) is 4.79 Å². The van der Waals surface area contributed by atoms with Gasteiger partial charge in [-0.05, 0) is 36.4 Å². The lowest BCUT2D eigenvalue weighted by molar-refractivity contribution is 0.187.